The van der Waals surface area contributed by atoms with Gasteiger partial charge in [-0.15, -0.1) is 0 Å². The summed E-state index contributed by atoms with van der Waals surface area (Å²) in [4.78, 5) is 42.1. The topological polar surface area (TPSA) is 76.2 Å². The zero-order chi connectivity index (χ0) is 31.1. The summed E-state index contributed by atoms with van der Waals surface area (Å²) in [6, 6.07) is 21.6. The van der Waals surface area contributed by atoms with Gasteiger partial charge in [-0.2, -0.15) is 0 Å². The van der Waals surface area contributed by atoms with Crippen molar-refractivity contribution < 1.29 is 23.9 Å². The normalized spacial score (nSPS) is 15.1. The molecule has 0 aromatic heterocycles. The molecule has 0 spiro atoms. The molecule has 7 nitrogen and oxygen atoms in total. The van der Waals surface area contributed by atoms with E-state index in [2.05, 4.69) is 29.2 Å². The van der Waals surface area contributed by atoms with E-state index in [1.54, 1.807) is 24.3 Å². The van der Waals surface area contributed by atoms with Crippen LogP contribution in [0.4, 0.5) is 0 Å². The van der Waals surface area contributed by atoms with Gasteiger partial charge in [-0.25, -0.2) is 0 Å². The number of likely N-dealkylation sites (tertiary alicyclic amines) is 1. The Morgan fingerprint density at radius 3 is 2.00 bits per heavy atom. The van der Waals surface area contributed by atoms with Crippen molar-refractivity contribution >= 4 is 17.8 Å². The molecular weight excluding hydrogens is 552 g/mol. The lowest BCUT2D eigenvalue weighted by Crippen LogP contribution is -2.31. The molecule has 0 saturated carbocycles. The minimum atomic E-state index is -0.527. The second-order valence-electron chi connectivity index (χ2n) is 12.8. The Balaban J connectivity index is 1.27. The van der Waals surface area contributed by atoms with Crippen LogP contribution in [0.15, 0.2) is 66.7 Å². The highest BCUT2D eigenvalue weighted by atomic mass is 16.6. The van der Waals surface area contributed by atoms with Crippen molar-refractivity contribution in [3.8, 4) is 5.75 Å². The number of benzene rings is 3. The number of aryl methyl sites for hydroxylation is 3. The summed E-state index contributed by atoms with van der Waals surface area (Å²) >= 11 is 0. The molecule has 0 N–H and O–H groups in total. The smallest absolute Gasteiger partial charge is 0.306 e. The Kier molecular flexibility index (Phi) is 10.2. The first-order valence-electron chi connectivity index (χ1n) is 15.9. The maximum Gasteiger partial charge on any atom is 0.306 e. The molecule has 2 amide bonds. The van der Waals surface area contributed by atoms with Gasteiger partial charge in [0.1, 0.15) is 18.0 Å². The van der Waals surface area contributed by atoms with E-state index >= 15 is 0 Å². The van der Waals surface area contributed by atoms with Crippen molar-refractivity contribution in [1.29, 1.82) is 0 Å². The van der Waals surface area contributed by atoms with Gasteiger partial charge in [-0.3, -0.25) is 24.2 Å². The second-order valence-corrected chi connectivity index (χ2v) is 12.8. The summed E-state index contributed by atoms with van der Waals surface area (Å²) in [7, 11) is 0. The predicted molar refractivity (Wildman–Crippen MR) is 171 cm³/mol. The Hall–Kier alpha value is -3.97. The molecule has 3 aromatic carbocycles. The number of hydrogen-bond acceptors (Lipinski definition) is 6. The van der Waals surface area contributed by atoms with Gasteiger partial charge in [0.2, 0.25) is 0 Å². The molecule has 0 radical (unpaired) electrons. The minimum absolute atomic E-state index is 0.226. The summed E-state index contributed by atoms with van der Waals surface area (Å²) in [5.74, 6) is 0.218. The van der Waals surface area contributed by atoms with Crippen molar-refractivity contribution in [2.24, 2.45) is 0 Å². The molecule has 7 heteroatoms. The highest BCUT2D eigenvalue weighted by Crippen LogP contribution is 2.25. The fraction of sp³-hybridized carbons (Fsp3) is 0.432. The van der Waals surface area contributed by atoms with E-state index in [0.717, 1.165) is 54.9 Å². The predicted octanol–water partition coefficient (Wildman–Crippen LogP) is 6.06. The third kappa shape index (κ3) is 8.35. The molecule has 1 saturated heterocycles. The first-order valence-corrected chi connectivity index (χ1v) is 15.9. The van der Waals surface area contributed by atoms with E-state index in [0.29, 0.717) is 37.1 Å². The van der Waals surface area contributed by atoms with Crippen molar-refractivity contribution in [1.82, 2.24) is 9.80 Å². The first-order chi connectivity index (χ1) is 21.2. The maximum absolute atomic E-state index is 12.9. The lowest BCUT2D eigenvalue weighted by atomic mass is 9.96. The van der Waals surface area contributed by atoms with Crippen molar-refractivity contribution in [2.75, 3.05) is 32.8 Å². The average Bonchev–Trinajstić information content (AvgIpc) is 3.60. The van der Waals surface area contributed by atoms with Gasteiger partial charge in [-0.05, 0) is 113 Å². The summed E-state index contributed by atoms with van der Waals surface area (Å²) in [5.41, 5.74) is 4.79. The summed E-state index contributed by atoms with van der Waals surface area (Å²) in [6.07, 6.45) is 5.53. The molecule has 1 fully saturated rings. The van der Waals surface area contributed by atoms with Gasteiger partial charge in [0.25, 0.3) is 11.8 Å². The van der Waals surface area contributed by atoms with E-state index in [-0.39, 0.29) is 24.2 Å². The molecule has 5 rings (SSSR count). The van der Waals surface area contributed by atoms with E-state index < -0.39 is 5.60 Å². The van der Waals surface area contributed by atoms with E-state index in [9.17, 15) is 14.4 Å². The third-order valence-electron chi connectivity index (χ3n) is 8.17. The molecule has 2 heterocycles. The molecule has 0 aliphatic carbocycles. The molecule has 2 aliphatic rings. The fourth-order valence-electron chi connectivity index (χ4n) is 6.02. The van der Waals surface area contributed by atoms with Crippen LogP contribution >= 0.6 is 0 Å². The van der Waals surface area contributed by atoms with Crippen LogP contribution in [0.5, 0.6) is 5.75 Å². The number of hydrogen-bond donors (Lipinski definition) is 0. The monoisotopic (exact) mass is 596 g/mol. The number of rotatable bonds is 13. The van der Waals surface area contributed by atoms with Crippen LogP contribution < -0.4 is 4.74 Å². The molecular formula is C37H44N2O5. The van der Waals surface area contributed by atoms with Gasteiger partial charge in [-0.1, -0.05) is 48.5 Å². The number of nitrogens with zero attached hydrogens (tertiary/aromatic N) is 2. The zero-order valence-electron chi connectivity index (χ0n) is 26.3. The highest BCUT2D eigenvalue weighted by molar-refractivity contribution is 6.21. The van der Waals surface area contributed by atoms with Crippen LogP contribution in [0, 0.1) is 0 Å². The van der Waals surface area contributed by atoms with Gasteiger partial charge in [0, 0.05) is 19.5 Å². The number of para-hydroxylation sites is 1. The minimum Gasteiger partial charge on any atom is -0.492 e. The van der Waals surface area contributed by atoms with E-state index in [4.69, 9.17) is 9.47 Å². The second kappa shape index (κ2) is 14.2. The van der Waals surface area contributed by atoms with Crippen LogP contribution in [-0.4, -0.2) is 66.0 Å². The Bertz CT molecular complexity index is 1450. The van der Waals surface area contributed by atoms with Gasteiger partial charge in [0.05, 0.1) is 11.1 Å². The van der Waals surface area contributed by atoms with Crippen molar-refractivity contribution in [3.63, 3.8) is 0 Å². The number of ether oxygens (including phenoxy) is 2. The fourth-order valence-corrected chi connectivity index (χ4v) is 6.02. The molecule has 3 aromatic rings. The van der Waals surface area contributed by atoms with Crippen molar-refractivity contribution in [3.05, 3.63) is 100 Å². The lowest BCUT2D eigenvalue weighted by Gasteiger charge is -2.19. The van der Waals surface area contributed by atoms with Crippen molar-refractivity contribution in [2.45, 2.75) is 71.3 Å². The molecule has 2 aliphatic heterocycles. The number of imide groups is 1. The average molecular weight is 597 g/mol. The number of fused-ring (bicyclic) bond motifs is 1. The van der Waals surface area contributed by atoms with Crippen LogP contribution in [0.25, 0.3) is 0 Å². The third-order valence-corrected chi connectivity index (χ3v) is 8.17. The van der Waals surface area contributed by atoms with Gasteiger partial charge in [0.15, 0.2) is 0 Å². The molecule has 44 heavy (non-hydrogen) atoms. The summed E-state index contributed by atoms with van der Waals surface area (Å²) in [5, 5.41) is 0. The van der Waals surface area contributed by atoms with Crippen LogP contribution in [-0.2, 0) is 35.2 Å². The van der Waals surface area contributed by atoms with Gasteiger partial charge >= 0.3 is 5.97 Å². The molecule has 0 unspecified atom stereocenters. The Morgan fingerprint density at radius 1 is 0.750 bits per heavy atom. The number of esters is 1. The molecule has 0 atom stereocenters. The van der Waals surface area contributed by atoms with Crippen LogP contribution in [0.1, 0.15) is 83.0 Å². The number of carbonyl (C=O) groups excluding carboxylic acids is 3. The van der Waals surface area contributed by atoms with E-state index in [1.807, 2.05) is 39.0 Å². The van der Waals surface area contributed by atoms with Gasteiger partial charge < -0.3 is 9.47 Å². The number of carbonyl (C=O) groups is 3. The standard InChI is InChI=1S/C37H44N2O5/c1-37(2,3)44-34(40)17-15-28-24-27(14-16-30-10-4-7-13-33(30)43-23-22-38-19-8-9-20-38)25-29(26-28)18-21-39-35(41)31-11-5-6-12-32(31)36(39)42/h4-7,10-13,24-26H,8-9,14-23H2,1-3H3. The SMILES string of the molecule is CC(C)(C)OC(=O)CCc1cc(CCc2ccccc2OCCN2CCCC2)cc(CCN2C(=O)c3ccccc3C2=O)c1. The summed E-state index contributed by atoms with van der Waals surface area (Å²) < 4.78 is 11.8. The number of amides is 2. The quantitative estimate of drug-likeness (QED) is 0.176. The first kappa shape index (κ1) is 31.5. The Morgan fingerprint density at radius 2 is 1.34 bits per heavy atom. The highest BCUT2D eigenvalue weighted by Gasteiger charge is 2.34. The van der Waals surface area contributed by atoms with E-state index in [1.165, 1.54) is 23.3 Å². The van der Waals surface area contributed by atoms with Crippen LogP contribution in [0.2, 0.25) is 0 Å². The summed E-state index contributed by atoms with van der Waals surface area (Å²) in [6.45, 7) is 9.86. The zero-order valence-corrected chi connectivity index (χ0v) is 26.3. The Labute approximate surface area is 261 Å². The van der Waals surface area contributed by atoms with Crippen LogP contribution in [0.3, 0.4) is 0 Å². The molecule has 0 bridgehead atoms. The largest absolute Gasteiger partial charge is 0.492 e. The maximum atomic E-state index is 12.9. The molecule has 232 valence electrons. The lowest BCUT2D eigenvalue weighted by molar-refractivity contribution is -0.154.